The molecular formula is C37H34ClF3N2O5S. The quantitative estimate of drug-likeness (QED) is 0.140. The smallest absolute Gasteiger partial charge is 0.356 e. The third-order valence-electron chi connectivity index (χ3n) is 8.09. The van der Waals surface area contributed by atoms with Gasteiger partial charge in [-0.3, -0.25) is 9.35 Å². The highest BCUT2D eigenvalue weighted by Gasteiger charge is 2.30. The van der Waals surface area contributed by atoms with Gasteiger partial charge in [-0.05, 0) is 82.1 Å². The summed E-state index contributed by atoms with van der Waals surface area (Å²) in [5.41, 5.74) is 5.00. The van der Waals surface area contributed by atoms with E-state index in [1.165, 1.54) is 12.1 Å². The molecule has 1 heterocycles. The lowest BCUT2D eigenvalue weighted by molar-refractivity contribution is -0.137. The fourth-order valence-corrected chi connectivity index (χ4v) is 5.97. The minimum atomic E-state index is -4.44. The molecule has 7 nitrogen and oxygen atoms in total. The first kappa shape index (κ1) is 35.8. The first-order chi connectivity index (χ1) is 23.0. The molecule has 256 valence electrons. The van der Waals surface area contributed by atoms with Crippen LogP contribution in [0.4, 0.5) is 13.2 Å². The molecule has 1 amide bonds. The normalized spacial score (nSPS) is 12.9. The first-order valence-corrected chi connectivity index (χ1v) is 17.3. The molecule has 0 aliphatic rings. The second-order valence-electron chi connectivity index (χ2n) is 12.8. The molecule has 2 N–H and O–H groups in total. The summed E-state index contributed by atoms with van der Waals surface area (Å²) < 4.78 is 76.0. The number of alkyl halides is 3. The van der Waals surface area contributed by atoms with Gasteiger partial charge >= 0.3 is 6.18 Å². The summed E-state index contributed by atoms with van der Waals surface area (Å²) in [5.74, 6) is -0.881. The number of hydrogen-bond donors (Lipinski definition) is 2. The van der Waals surface area contributed by atoms with Crippen LogP contribution in [0.1, 0.15) is 65.0 Å². The van der Waals surface area contributed by atoms with Crippen molar-refractivity contribution in [2.45, 2.75) is 44.7 Å². The monoisotopic (exact) mass is 710 g/mol. The molecule has 0 radical (unpaired) electrons. The van der Waals surface area contributed by atoms with Gasteiger partial charge in [0.15, 0.2) is 5.76 Å². The lowest BCUT2D eigenvalue weighted by atomic mass is 9.83. The Morgan fingerprint density at radius 3 is 2.06 bits per heavy atom. The Bertz CT molecular complexity index is 2040. The van der Waals surface area contributed by atoms with Crippen LogP contribution in [0, 0.1) is 0 Å². The molecule has 1 atom stereocenters. The van der Waals surface area contributed by atoms with Crippen molar-refractivity contribution in [3.63, 3.8) is 0 Å². The van der Waals surface area contributed by atoms with E-state index in [4.69, 9.17) is 20.7 Å². The highest BCUT2D eigenvalue weighted by atomic mass is 35.5. The maximum absolute atomic E-state index is 13.1. The Morgan fingerprint density at radius 2 is 1.47 bits per heavy atom. The molecule has 1 aromatic heterocycles. The van der Waals surface area contributed by atoms with E-state index in [1.807, 2.05) is 18.2 Å². The molecule has 12 heteroatoms. The molecule has 0 saturated carbocycles. The molecule has 1 unspecified atom stereocenters. The molecule has 49 heavy (non-hydrogen) atoms. The zero-order valence-electron chi connectivity index (χ0n) is 26.9. The molecular weight excluding hydrogens is 677 g/mol. The second-order valence-corrected chi connectivity index (χ2v) is 14.8. The zero-order chi connectivity index (χ0) is 35.6. The van der Waals surface area contributed by atoms with Gasteiger partial charge in [-0.2, -0.15) is 21.6 Å². The van der Waals surface area contributed by atoms with Crippen LogP contribution in [0.3, 0.4) is 0 Å². The van der Waals surface area contributed by atoms with Gasteiger partial charge in [-0.15, -0.1) is 0 Å². The van der Waals surface area contributed by atoms with Crippen LogP contribution in [0.2, 0.25) is 5.02 Å². The maximum Gasteiger partial charge on any atom is 0.416 e. The van der Waals surface area contributed by atoms with Gasteiger partial charge in [0, 0.05) is 34.7 Å². The number of rotatable bonds is 10. The second kappa shape index (κ2) is 14.2. The lowest BCUT2D eigenvalue weighted by Gasteiger charge is -2.21. The molecule has 0 saturated heterocycles. The molecule has 5 rings (SSSR count). The highest BCUT2D eigenvalue weighted by molar-refractivity contribution is 7.85. The maximum atomic E-state index is 13.1. The van der Waals surface area contributed by atoms with Crippen LogP contribution in [0.15, 0.2) is 102 Å². The summed E-state index contributed by atoms with van der Waals surface area (Å²) in [6.45, 7) is 6.17. The Kier molecular flexibility index (Phi) is 10.4. The van der Waals surface area contributed by atoms with E-state index in [-0.39, 0.29) is 17.9 Å². The van der Waals surface area contributed by atoms with Crippen molar-refractivity contribution in [2.75, 3.05) is 12.3 Å². The van der Waals surface area contributed by atoms with Crippen LogP contribution in [-0.2, 0) is 28.1 Å². The van der Waals surface area contributed by atoms with E-state index in [9.17, 15) is 26.4 Å². The van der Waals surface area contributed by atoms with Crippen LogP contribution >= 0.6 is 11.6 Å². The van der Waals surface area contributed by atoms with Crippen LogP contribution in [-0.4, -0.2) is 36.3 Å². The predicted molar refractivity (Wildman–Crippen MR) is 183 cm³/mol. The Labute approximate surface area is 287 Å². The molecule has 0 aliphatic carbocycles. The number of nitrogens with one attached hydrogen (secondary N) is 1. The number of carbonyl (C=O) groups excluding carboxylic acids is 1. The van der Waals surface area contributed by atoms with Crippen LogP contribution in [0.5, 0.6) is 0 Å². The number of carbonyl (C=O) groups is 1. The van der Waals surface area contributed by atoms with Crippen molar-refractivity contribution in [3.8, 4) is 22.5 Å². The summed E-state index contributed by atoms with van der Waals surface area (Å²) in [4.78, 5) is 12.5. The van der Waals surface area contributed by atoms with Gasteiger partial charge in [0.25, 0.3) is 16.0 Å². The van der Waals surface area contributed by atoms with E-state index in [2.05, 4.69) is 55.5 Å². The average molecular weight is 711 g/mol. The van der Waals surface area contributed by atoms with E-state index in [1.54, 1.807) is 30.3 Å². The largest absolute Gasteiger partial charge is 0.416 e. The molecule has 5 aromatic rings. The Hall–Kier alpha value is -4.45. The van der Waals surface area contributed by atoms with E-state index in [0.29, 0.717) is 45.2 Å². The number of nitrogens with zero attached hydrogens (tertiary/aromatic N) is 1. The summed E-state index contributed by atoms with van der Waals surface area (Å²) in [6.07, 6.45) is -3.94. The number of aromatic nitrogens is 1. The molecule has 0 fully saturated rings. The fraction of sp³-hybridized carbons (Fsp3) is 0.243. The lowest BCUT2D eigenvalue weighted by Crippen LogP contribution is -2.28. The summed E-state index contributed by atoms with van der Waals surface area (Å²) in [6, 6.07) is 27.0. The van der Waals surface area contributed by atoms with Crippen molar-refractivity contribution in [3.05, 3.63) is 136 Å². The molecule has 0 spiro atoms. The van der Waals surface area contributed by atoms with Gasteiger partial charge in [0.1, 0.15) is 0 Å². The predicted octanol–water partition coefficient (Wildman–Crippen LogP) is 8.97. The number of amides is 1. The number of hydrogen-bond acceptors (Lipinski definition) is 5. The summed E-state index contributed by atoms with van der Waals surface area (Å²) in [7, 11) is -4.19. The third-order valence-corrected chi connectivity index (χ3v) is 9.03. The molecule has 0 bridgehead atoms. The van der Waals surface area contributed by atoms with Gasteiger partial charge in [0.05, 0.1) is 17.0 Å². The van der Waals surface area contributed by atoms with E-state index in [0.717, 1.165) is 28.8 Å². The summed E-state index contributed by atoms with van der Waals surface area (Å²) >= 11 is 6.45. The first-order valence-electron chi connectivity index (χ1n) is 15.3. The number of halogens is 4. The zero-order valence-corrected chi connectivity index (χ0v) is 28.5. The van der Waals surface area contributed by atoms with Crippen LogP contribution in [0.25, 0.3) is 22.5 Å². The van der Waals surface area contributed by atoms with Crippen molar-refractivity contribution in [2.24, 2.45) is 0 Å². The van der Waals surface area contributed by atoms with Gasteiger partial charge in [0.2, 0.25) is 0 Å². The van der Waals surface area contributed by atoms with Crippen molar-refractivity contribution in [1.29, 1.82) is 0 Å². The fourth-order valence-electron chi connectivity index (χ4n) is 5.37. The molecule has 0 aliphatic heterocycles. The minimum absolute atomic E-state index is 0.0514. The van der Waals surface area contributed by atoms with Crippen LogP contribution < -0.4 is 5.32 Å². The van der Waals surface area contributed by atoms with E-state index >= 15 is 0 Å². The van der Waals surface area contributed by atoms with E-state index < -0.39 is 33.5 Å². The summed E-state index contributed by atoms with van der Waals surface area (Å²) in [5, 5.41) is 7.28. The Morgan fingerprint density at radius 1 is 0.857 bits per heavy atom. The van der Waals surface area contributed by atoms with Crippen molar-refractivity contribution < 1.29 is 35.5 Å². The average Bonchev–Trinajstić information content (AvgIpc) is 3.52. The standard InChI is InChI=1S/C37H34ClF3N2O5S/c1-36(2,3)29-12-10-25(11-13-29)32(18-23-4-6-26(7-5-23)35(44)42-16-17-49(45,46)47)33-22-34(48-43-33)28-19-27(20-31(38)21-28)24-8-14-30(15-9-24)37(39,40)41/h4-15,19-22,32H,16-18H2,1-3H3,(H,42,44)(H,45,46,47). The topological polar surface area (TPSA) is 110 Å². The highest BCUT2D eigenvalue weighted by Crippen LogP contribution is 2.36. The van der Waals surface area contributed by atoms with Gasteiger partial charge in [-0.25, -0.2) is 0 Å². The van der Waals surface area contributed by atoms with Crippen molar-refractivity contribution >= 4 is 27.6 Å². The Balaban J connectivity index is 1.43. The SMILES string of the molecule is CC(C)(C)c1ccc(C(Cc2ccc(C(=O)NCCS(=O)(=O)O)cc2)c2cc(-c3cc(Cl)cc(-c4ccc(C(F)(F)F)cc4)c3)on2)cc1. The van der Waals surface area contributed by atoms with Crippen molar-refractivity contribution in [1.82, 2.24) is 10.5 Å². The van der Waals surface area contributed by atoms with Gasteiger partial charge < -0.3 is 9.84 Å². The number of benzene rings is 4. The van der Waals surface area contributed by atoms with Gasteiger partial charge in [-0.1, -0.05) is 86.1 Å². The third kappa shape index (κ3) is 9.38. The molecule has 4 aromatic carbocycles. The minimum Gasteiger partial charge on any atom is -0.356 e.